The van der Waals surface area contributed by atoms with Crippen molar-refractivity contribution < 1.29 is 4.79 Å². The monoisotopic (exact) mass is 332 g/mol. The molecule has 0 atom stereocenters. The van der Waals surface area contributed by atoms with Crippen molar-refractivity contribution in [3.63, 3.8) is 0 Å². The van der Waals surface area contributed by atoms with E-state index in [-0.39, 0.29) is 5.91 Å². The van der Waals surface area contributed by atoms with Crippen LogP contribution in [0, 0.1) is 0 Å². The average Bonchev–Trinajstić information content (AvgIpc) is 2.66. The molecule has 1 aromatic heterocycles. The predicted octanol–water partition coefficient (Wildman–Crippen LogP) is 5.57. The normalized spacial score (nSPS) is 15.8. The molecule has 0 radical (unpaired) electrons. The van der Waals surface area contributed by atoms with Gasteiger partial charge in [-0.15, -0.1) is 0 Å². The number of carbonyl (C=O) groups excluding carboxylic acids is 1. The molecule has 0 fully saturated rings. The first kappa shape index (κ1) is 17.2. The van der Waals surface area contributed by atoms with Gasteiger partial charge in [-0.05, 0) is 57.2 Å². The number of nitrogens with one attached hydrogen (secondary N) is 1. The molecule has 3 nitrogen and oxygen atoms in total. The Morgan fingerprint density at radius 3 is 2.80 bits per heavy atom. The molecule has 25 heavy (non-hydrogen) atoms. The van der Waals surface area contributed by atoms with Crippen LogP contribution in [-0.4, -0.2) is 10.9 Å². The number of aromatic nitrogens is 1. The van der Waals surface area contributed by atoms with Crippen molar-refractivity contribution in [3.8, 4) is 0 Å². The van der Waals surface area contributed by atoms with E-state index in [0.717, 1.165) is 40.6 Å². The van der Waals surface area contributed by atoms with Crippen molar-refractivity contribution in [2.45, 2.75) is 39.5 Å². The zero-order valence-electron chi connectivity index (χ0n) is 14.9. The molecule has 3 rings (SSSR count). The van der Waals surface area contributed by atoms with Gasteiger partial charge in [0.2, 0.25) is 0 Å². The van der Waals surface area contributed by atoms with Gasteiger partial charge in [-0.3, -0.25) is 9.78 Å². The number of hydrogen-bond donors (Lipinski definition) is 1. The summed E-state index contributed by atoms with van der Waals surface area (Å²) in [4.78, 5) is 17.0. The van der Waals surface area contributed by atoms with Crippen LogP contribution in [0.25, 0.3) is 10.9 Å². The molecule has 0 aliphatic heterocycles. The summed E-state index contributed by atoms with van der Waals surface area (Å²) in [6, 6.07) is 9.70. The van der Waals surface area contributed by atoms with Crippen LogP contribution < -0.4 is 5.32 Å². The van der Waals surface area contributed by atoms with Crippen LogP contribution in [0.4, 0.5) is 5.69 Å². The van der Waals surface area contributed by atoms with E-state index < -0.39 is 0 Å². The third kappa shape index (κ3) is 4.24. The predicted molar refractivity (Wildman–Crippen MR) is 104 cm³/mol. The largest absolute Gasteiger partial charge is 0.320 e. The minimum Gasteiger partial charge on any atom is -0.320 e. The van der Waals surface area contributed by atoms with Crippen molar-refractivity contribution in [3.05, 3.63) is 71.5 Å². The zero-order valence-corrected chi connectivity index (χ0v) is 14.9. The van der Waals surface area contributed by atoms with Crippen LogP contribution >= 0.6 is 0 Å². The Bertz CT molecular complexity index is 869. The van der Waals surface area contributed by atoms with E-state index in [1.54, 1.807) is 6.20 Å². The van der Waals surface area contributed by atoms with Crippen LogP contribution in [0.5, 0.6) is 0 Å². The molecule has 128 valence electrons. The lowest BCUT2D eigenvalue weighted by Gasteiger charge is -2.10. The lowest BCUT2D eigenvalue weighted by molar-refractivity contribution is -0.112. The smallest absolute Gasteiger partial charge is 0.251 e. The summed E-state index contributed by atoms with van der Waals surface area (Å²) in [6.45, 7) is 3.85. The molecular formula is C22H24N2O. The van der Waals surface area contributed by atoms with E-state index in [9.17, 15) is 4.79 Å². The van der Waals surface area contributed by atoms with Crippen LogP contribution in [0.3, 0.4) is 0 Å². The Balaban J connectivity index is 1.77. The Kier molecular flexibility index (Phi) is 5.44. The van der Waals surface area contributed by atoms with E-state index in [4.69, 9.17) is 0 Å². The van der Waals surface area contributed by atoms with Crippen LogP contribution in [-0.2, 0) is 4.79 Å². The maximum absolute atomic E-state index is 12.6. The first-order chi connectivity index (χ1) is 12.1. The first-order valence-corrected chi connectivity index (χ1v) is 8.85. The van der Waals surface area contributed by atoms with Gasteiger partial charge in [-0.1, -0.05) is 42.0 Å². The highest BCUT2D eigenvalue weighted by molar-refractivity contribution is 6.08. The third-order valence-electron chi connectivity index (χ3n) is 4.69. The maximum atomic E-state index is 12.6. The molecular weight excluding hydrogens is 308 g/mol. The van der Waals surface area contributed by atoms with Crippen LogP contribution in [0.1, 0.15) is 39.5 Å². The Morgan fingerprint density at radius 2 is 2.00 bits per heavy atom. The summed E-state index contributed by atoms with van der Waals surface area (Å²) >= 11 is 0. The second-order valence-corrected chi connectivity index (χ2v) is 6.50. The molecule has 1 amide bonds. The van der Waals surface area contributed by atoms with Crippen molar-refractivity contribution in [2.24, 2.45) is 0 Å². The molecule has 0 bridgehead atoms. The van der Waals surface area contributed by atoms with Gasteiger partial charge in [0.05, 0.1) is 11.2 Å². The maximum Gasteiger partial charge on any atom is 0.251 e. The standard InChI is InChI=1S/C22H24N2O/c1-16(13-14-18-8-4-3-5-9-18)17(2)22(25)24-20-12-6-10-19-11-7-15-23-21(19)20/h6-8,10-15H,3-5,9H2,1-2H3,(H,24,25)/b14-13+,17-16-. The van der Waals surface area contributed by atoms with Gasteiger partial charge in [0.15, 0.2) is 0 Å². The van der Waals surface area contributed by atoms with E-state index in [2.05, 4.69) is 22.5 Å². The summed E-state index contributed by atoms with van der Waals surface area (Å²) in [5.41, 5.74) is 4.63. The number of fused-ring (bicyclic) bond motifs is 1. The van der Waals surface area contributed by atoms with Gasteiger partial charge in [-0.2, -0.15) is 0 Å². The van der Waals surface area contributed by atoms with Crippen LogP contribution in [0.2, 0.25) is 0 Å². The second-order valence-electron chi connectivity index (χ2n) is 6.50. The van der Waals surface area contributed by atoms with Gasteiger partial charge in [0.25, 0.3) is 5.91 Å². The molecule has 0 unspecified atom stereocenters. The molecule has 1 N–H and O–H groups in total. The van der Waals surface area contributed by atoms with Gasteiger partial charge in [-0.25, -0.2) is 0 Å². The lowest BCUT2D eigenvalue weighted by atomic mass is 9.98. The van der Waals surface area contributed by atoms with Gasteiger partial charge in [0, 0.05) is 17.2 Å². The van der Waals surface area contributed by atoms with Crippen LogP contribution in [0.15, 0.2) is 71.5 Å². The summed E-state index contributed by atoms with van der Waals surface area (Å²) in [6.07, 6.45) is 13.1. The summed E-state index contributed by atoms with van der Waals surface area (Å²) < 4.78 is 0. The van der Waals surface area contributed by atoms with Crippen molar-refractivity contribution in [2.75, 3.05) is 5.32 Å². The number of para-hydroxylation sites is 1. The molecule has 2 aromatic rings. The third-order valence-corrected chi connectivity index (χ3v) is 4.69. The number of hydrogen-bond acceptors (Lipinski definition) is 2. The minimum absolute atomic E-state index is 0.0853. The van der Waals surface area contributed by atoms with Crippen molar-refractivity contribution >= 4 is 22.5 Å². The molecule has 3 heteroatoms. The number of rotatable bonds is 4. The number of amides is 1. The highest BCUT2D eigenvalue weighted by atomic mass is 16.1. The Labute approximate surface area is 149 Å². The molecule has 0 saturated carbocycles. The summed E-state index contributed by atoms with van der Waals surface area (Å²) in [5.74, 6) is -0.0853. The number of anilines is 1. The number of benzene rings is 1. The minimum atomic E-state index is -0.0853. The van der Waals surface area contributed by atoms with Gasteiger partial charge >= 0.3 is 0 Å². The number of nitrogens with zero attached hydrogens (tertiary/aromatic N) is 1. The van der Waals surface area contributed by atoms with E-state index in [0.29, 0.717) is 0 Å². The first-order valence-electron chi connectivity index (χ1n) is 8.85. The SMILES string of the molecule is CC(/C=C/C1=CCCCC1)=C(\C)C(=O)Nc1cccc2cccnc12. The highest BCUT2D eigenvalue weighted by Gasteiger charge is 2.10. The summed E-state index contributed by atoms with van der Waals surface area (Å²) in [7, 11) is 0. The quantitative estimate of drug-likeness (QED) is 0.588. The highest BCUT2D eigenvalue weighted by Crippen LogP contribution is 2.22. The molecule has 0 saturated heterocycles. The van der Waals surface area contributed by atoms with Crippen molar-refractivity contribution in [1.82, 2.24) is 4.98 Å². The molecule has 1 aliphatic rings. The Morgan fingerprint density at radius 1 is 1.16 bits per heavy atom. The van der Waals surface area contributed by atoms with E-state index >= 15 is 0 Å². The lowest BCUT2D eigenvalue weighted by Crippen LogP contribution is -2.14. The summed E-state index contributed by atoms with van der Waals surface area (Å²) in [5, 5.41) is 4.01. The zero-order chi connectivity index (χ0) is 17.6. The average molecular weight is 332 g/mol. The number of allylic oxidation sites excluding steroid dienone is 5. The second kappa shape index (κ2) is 7.93. The molecule has 1 aliphatic carbocycles. The van der Waals surface area contributed by atoms with E-state index in [1.165, 1.54) is 18.4 Å². The van der Waals surface area contributed by atoms with Gasteiger partial charge in [0.1, 0.15) is 0 Å². The van der Waals surface area contributed by atoms with E-state index in [1.807, 2.05) is 50.3 Å². The van der Waals surface area contributed by atoms with Gasteiger partial charge < -0.3 is 5.32 Å². The topological polar surface area (TPSA) is 42.0 Å². The Hall–Kier alpha value is -2.68. The molecule has 1 heterocycles. The molecule has 0 spiro atoms. The number of carbonyl (C=O) groups is 1. The number of pyridine rings is 1. The molecule has 1 aromatic carbocycles. The van der Waals surface area contributed by atoms with Crippen molar-refractivity contribution in [1.29, 1.82) is 0 Å². The fourth-order valence-corrected chi connectivity index (χ4v) is 2.97. The fraction of sp³-hybridized carbons (Fsp3) is 0.273. The fourth-order valence-electron chi connectivity index (χ4n) is 2.97.